The highest BCUT2D eigenvalue weighted by molar-refractivity contribution is 7.13. The summed E-state index contributed by atoms with van der Waals surface area (Å²) < 4.78 is 13.7. The molecule has 1 aliphatic heterocycles. The average molecular weight is 357 g/mol. The number of carbonyl (C=O) groups is 1. The summed E-state index contributed by atoms with van der Waals surface area (Å²) in [6.45, 7) is 1.42. The third kappa shape index (κ3) is 3.30. The second-order valence-electron chi connectivity index (χ2n) is 6.01. The summed E-state index contributed by atoms with van der Waals surface area (Å²) >= 11 is 1.30. The van der Waals surface area contributed by atoms with Crippen LogP contribution in [0.2, 0.25) is 0 Å². The lowest BCUT2D eigenvalue weighted by molar-refractivity contribution is -0.120. The quantitative estimate of drug-likeness (QED) is 0.780. The highest BCUT2D eigenvalue weighted by Gasteiger charge is 2.27. The van der Waals surface area contributed by atoms with Gasteiger partial charge in [-0.05, 0) is 37.1 Å². The van der Waals surface area contributed by atoms with E-state index in [2.05, 4.69) is 25.4 Å². The van der Waals surface area contributed by atoms with Crippen molar-refractivity contribution in [2.75, 3.05) is 23.3 Å². The van der Waals surface area contributed by atoms with E-state index in [1.165, 1.54) is 23.5 Å². The van der Waals surface area contributed by atoms with E-state index in [0.717, 1.165) is 36.0 Å². The predicted octanol–water partition coefficient (Wildman–Crippen LogP) is 3.08. The van der Waals surface area contributed by atoms with Gasteiger partial charge in [-0.3, -0.25) is 9.78 Å². The number of pyridine rings is 1. The molecule has 1 fully saturated rings. The average Bonchev–Trinajstić information content (AvgIpc) is 3.14. The van der Waals surface area contributed by atoms with Crippen LogP contribution in [0.1, 0.15) is 12.8 Å². The van der Waals surface area contributed by atoms with Gasteiger partial charge in [-0.15, -0.1) is 10.2 Å². The molecule has 1 N–H and O–H groups in total. The zero-order chi connectivity index (χ0) is 17.2. The maximum Gasteiger partial charge on any atom is 0.231 e. The summed E-state index contributed by atoms with van der Waals surface area (Å²) in [5.41, 5.74) is 3.25. The normalized spacial score (nSPS) is 17.6. The lowest BCUT2D eigenvalue weighted by Gasteiger charge is -2.34. The minimum Gasteiger partial charge on any atom is -0.370 e. The third-order valence-electron chi connectivity index (χ3n) is 4.40. The molecule has 2 aromatic heterocycles. The molecule has 3 heterocycles. The lowest BCUT2D eigenvalue weighted by Crippen LogP contribution is -2.40. The van der Waals surface area contributed by atoms with Crippen LogP contribution in [-0.4, -0.2) is 34.2 Å². The number of anilines is 2. The van der Waals surface area contributed by atoms with Crippen LogP contribution >= 0.6 is 11.3 Å². The summed E-state index contributed by atoms with van der Waals surface area (Å²) in [5, 5.41) is 11.7. The Kier molecular flexibility index (Phi) is 4.27. The van der Waals surface area contributed by atoms with E-state index in [0.29, 0.717) is 11.7 Å². The highest BCUT2D eigenvalue weighted by Crippen LogP contribution is 2.30. The van der Waals surface area contributed by atoms with Crippen molar-refractivity contribution in [2.45, 2.75) is 12.8 Å². The summed E-state index contributed by atoms with van der Waals surface area (Å²) in [7, 11) is 0. The van der Waals surface area contributed by atoms with E-state index in [-0.39, 0.29) is 17.6 Å². The second kappa shape index (κ2) is 6.72. The van der Waals surface area contributed by atoms with Gasteiger partial charge in [0.2, 0.25) is 11.0 Å². The van der Waals surface area contributed by atoms with Crippen LogP contribution in [0.25, 0.3) is 10.9 Å². The van der Waals surface area contributed by atoms with Gasteiger partial charge in [0, 0.05) is 30.4 Å². The minimum absolute atomic E-state index is 0.0500. The van der Waals surface area contributed by atoms with Gasteiger partial charge in [0.05, 0.1) is 11.4 Å². The van der Waals surface area contributed by atoms with Crippen molar-refractivity contribution in [2.24, 2.45) is 5.92 Å². The summed E-state index contributed by atoms with van der Waals surface area (Å²) in [6, 6.07) is 6.47. The smallest absolute Gasteiger partial charge is 0.231 e. The number of nitrogens with one attached hydrogen (secondary N) is 1. The van der Waals surface area contributed by atoms with Crippen LogP contribution < -0.4 is 10.2 Å². The van der Waals surface area contributed by atoms with Gasteiger partial charge in [-0.2, -0.15) is 0 Å². The monoisotopic (exact) mass is 357 g/mol. The number of hydrogen-bond donors (Lipinski definition) is 1. The Morgan fingerprint density at radius 3 is 3.12 bits per heavy atom. The Balaban J connectivity index is 1.57. The van der Waals surface area contributed by atoms with Crippen LogP contribution in [0, 0.1) is 11.7 Å². The zero-order valence-corrected chi connectivity index (χ0v) is 14.2. The Bertz CT molecular complexity index is 901. The van der Waals surface area contributed by atoms with Crippen LogP contribution in [0.3, 0.4) is 0 Å². The zero-order valence-electron chi connectivity index (χ0n) is 13.4. The van der Waals surface area contributed by atoms with E-state index in [4.69, 9.17) is 0 Å². The molecule has 1 amide bonds. The number of piperidine rings is 1. The van der Waals surface area contributed by atoms with E-state index < -0.39 is 0 Å². The van der Waals surface area contributed by atoms with Crippen LogP contribution in [0.4, 0.5) is 15.2 Å². The number of aromatic nitrogens is 3. The van der Waals surface area contributed by atoms with Crippen molar-refractivity contribution < 1.29 is 9.18 Å². The van der Waals surface area contributed by atoms with Crippen molar-refractivity contribution in [1.82, 2.24) is 15.2 Å². The van der Waals surface area contributed by atoms with Gasteiger partial charge < -0.3 is 10.2 Å². The summed E-state index contributed by atoms with van der Waals surface area (Å²) in [6.07, 6.45) is 3.44. The first-order valence-corrected chi connectivity index (χ1v) is 8.95. The molecule has 6 nitrogen and oxygen atoms in total. The topological polar surface area (TPSA) is 71.0 Å². The van der Waals surface area contributed by atoms with Gasteiger partial charge in [0.25, 0.3) is 0 Å². The van der Waals surface area contributed by atoms with E-state index in [1.54, 1.807) is 17.8 Å². The maximum absolute atomic E-state index is 13.7. The van der Waals surface area contributed by atoms with E-state index >= 15 is 0 Å². The predicted molar refractivity (Wildman–Crippen MR) is 95.2 cm³/mol. The first kappa shape index (κ1) is 15.9. The molecule has 128 valence electrons. The summed E-state index contributed by atoms with van der Waals surface area (Å²) in [4.78, 5) is 18.9. The Morgan fingerprint density at radius 2 is 2.28 bits per heavy atom. The first-order valence-electron chi connectivity index (χ1n) is 8.07. The number of nitrogens with zero attached hydrogens (tertiary/aromatic N) is 4. The number of fused-ring (bicyclic) bond motifs is 1. The van der Waals surface area contributed by atoms with Gasteiger partial charge in [-0.1, -0.05) is 11.3 Å². The molecule has 4 rings (SSSR count). The Morgan fingerprint density at radius 1 is 1.36 bits per heavy atom. The van der Waals surface area contributed by atoms with E-state index in [1.807, 2.05) is 6.07 Å². The number of hydrogen-bond acceptors (Lipinski definition) is 6. The fourth-order valence-corrected chi connectivity index (χ4v) is 3.67. The summed E-state index contributed by atoms with van der Waals surface area (Å²) in [5.74, 6) is -0.482. The molecular weight excluding hydrogens is 341 g/mol. The standard InChI is InChI=1S/C17H16FN5OS/c18-12-3-4-14-13(8-12)15(5-6-19-14)23-7-1-2-11(9-23)16(24)21-17-22-20-10-25-17/h3-6,8,10-11H,1-2,7,9H2,(H,21,22,24). The molecule has 1 aromatic carbocycles. The fourth-order valence-electron chi connectivity index (χ4n) is 3.22. The Labute approximate surface area is 147 Å². The maximum atomic E-state index is 13.7. The van der Waals surface area contributed by atoms with Gasteiger partial charge in [0.1, 0.15) is 11.3 Å². The first-order chi connectivity index (χ1) is 12.2. The van der Waals surface area contributed by atoms with Crippen molar-refractivity contribution in [3.63, 3.8) is 0 Å². The molecule has 3 aromatic rings. The molecule has 25 heavy (non-hydrogen) atoms. The molecule has 0 radical (unpaired) electrons. The molecule has 0 bridgehead atoms. The molecule has 1 saturated heterocycles. The fraction of sp³-hybridized carbons (Fsp3) is 0.294. The van der Waals surface area contributed by atoms with Crippen molar-refractivity contribution in [3.8, 4) is 0 Å². The molecule has 1 aliphatic rings. The lowest BCUT2D eigenvalue weighted by atomic mass is 9.96. The van der Waals surface area contributed by atoms with Crippen LogP contribution in [0.5, 0.6) is 0 Å². The molecule has 0 spiro atoms. The third-order valence-corrected chi connectivity index (χ3v) is 5.01. The van der Waals surface area contributed by atoms with E-state index in [9.17, 15) is 9.18 Å². The number of benzene rings is 1. The SMILES string of the molecule is O=C(Nc1nncs1)C1CCCN(c2ccnc3ccc(F)cc23)C1. The van der Waals surface area contributed by atoms with Crippen molar-refractivity contribution in [1.29, 1.82) is 0 Å². The molecule has 8 heteroatoms. The van der Waals surface area contributed by atoms with Crippen molar-refractivity contribution >= 4 is 39.0 Å². The number of halogens is 1. The van der Waals surface area contributed by atoms with Gasteiger partial charge >= 0.3 is 0 Å². The molecular formula is C17H16FN5OS. The van der Waals surface area contributed by atoms with Crippen LogP contribution in [-0.2, 0) is 4.79 Å². The number of amides is 1. The minimum atomic E-state index is -0.288. The molecule has 0 aliphatic carbocycles. The largest absolute Gasteiger partial charge is 0.370 e. The molecule has 0 saturated carbocycles. The molecule has 1 unspecified atom stereocenters. The Hall–Kier alpha value is -2.61. The van der Waals surface area contributed by atoms with Gasteiger partial charge in [-0.25, -0.2) is 4.39 Å². The second-order valence-corrected chi connectivity index (χ2v) is 6.84. The highest BCUT2D eigenvalue weighted by atomic mass is 32.1. The van der Waals surface area contributed by atoms with Gasteiger partial charge in [0.15, 0.2) is 0 Å². The van der Waals surface area contributed by atoms with Crippen LogP contribution in [0.15, 0.2) is 36.0 Å². The number of carbonyl (C=O) groups excluding carboxylic acids is 1. The van der Waals surface area contributed by atoms with Crippen molar-refractivity contribution in [3.05, 3.63) is 41.8 Å². The molecule has 1 atom stereocenters. The number of rotatable bonds is 3.